The Labute approximate surface area is 176 Å². The second-order valence-electron chi connectivity index (χ2n) is 7.82. The molecule has 150 valence electrons. The number of hydrogen-bond acceptors (Lipinski definition) is 3. The van der Waals surface area contributed by atoms with E-state index >= 15 is 0 Å². The minimum absolute atomic E-state index is 0.0639. The van der Waals surface area contributed by atoms with Gasteiger partial charge in [-0.05, 0) is 48.9 Å². The molecule has 4 nitrogen and oxygen atoms in total. The average Bonchev–Trinajstić information content (AvgIpc) is 3.54. The molecule has 0 spiro atoms. The van der Waals surface area contributed by atoms with Gasteiger partial charge in [-0.25, -0.2) is 4.79 Å². The van der Waals surface area contributed by atoms with E-state index in [2.05, 4.69) is 0 Å². The van der Waals surface area contributed by atoms with Crippen LogP contribution in [0.2, 0.25) is 5.02 Å². The summed E-state index contributed by atoms with van der Waals surface area (Å²) in [5, 5.41) is 0.625. The second-order valence-corrected chi connectivity index (χ2v) is 8.25. The van der Waals surface area contributed by atoms with Crippen LogP contribution >= 0.6 is 11.6 Å². The summed E-state index contributed by atoms with van der Waals surface area (Å²) in [6, 6.07) is 17.0. The van der Waals surface area contributed by atoms with Crippen molar-refractivity contribution in [3.05, 3.63) is 82.0 Å². The molecule has 2 aromatic rings. The first-order chi connectivity index (χ1) is 14.0. The number of carbonyl (C=O) groups excluding carboxylic acids is 2. The van der Waals surface area contributed by atoms with Crippen molar-refractivity contribution in [2.45, 2.75) is 38.7 Å². The standard InChI is InChI=1S/C24H24ClNO3/c1-16-23(24(28)29-15-18-5-3-2-4-6-18)21(19-9-11-20(25)12-10-19)13-22(27)26(16)14-17-7-8-17/h2-6,9-12,17,21H,7-8,13-15H2,1H3. The number of esters is 1. The highest BCUT2D eigenvalue weighted by Crippen LogP contribution is 2.40. The Bertz CT molecular complexity index is 932. The molecule has 1 aliphatic heterocycles. The van der Waals surface area contributed by atoms with Gasteiger partial charge in [0, 0.05) is 29.6 Å². The van der Waals surface area contributed by atoms with Crippen LogP contribution in [0.25, 0.3) is 0 Å². The summed E-state index contributed by atoms with van der Waals surface area (Å²) in [5.41, 5.74) is 3.12. The predicted octanol–water partition coefficient (Wildman–Crippen LogP) is 5.08. The van der Waals surface area contributed by atoms with Gasteiger partial charge in [0.05, 0.1) is 5.57 Å². The highest BCUT2D eigenvalue weighted by molar-refractivity contribution is 6.30. The quantitative estimate of drug-likeness (QED) is 0.625. The molecule has 0 N–H and O–H groups in total. The molecule has 1 fully saturated rings. The van der Waals surface area contributed by atoms with E-state index in [4.69, 9.17) is 16.3 Å². The molecule has 0 bridgehead atoms. The van der Waals surface area contributed by atoms with E-state index in [1.54, 1.807) is 17.0 Å². The number of allylic oxidation sites excluding steroid dienone is 1. The Balaban J connectivity index is 1.64. The zero-order chi connectivity index (χ0) is 20.4. The molecule has 29 heavy (non-hydrogen) atoms. The number of hydrogen-bond donors (Lipinski definition) is 0. The van der Waals surface area contributed by atoms with Gasteiger partial charge in [-0.3, -0.25) is 4.79 Å². The van der Waals surface area contributed by atoms with E-state index in [0.29, 0.717) is 28.8 Å². The molecular weight excluding hydrogens is 386 g/mol. The van der Waals surface area contributed by atoms with Crippen LogP contribution in [0.4, 0.5) is 0 Å². The molecule has 1 saturated carbocycles. The van der Waals surface area contributed by atoms with Gasteiger partial charge in [0.25, 0.3) is 0 Å². The predicted molar refractivity (Wildman–Crippen MR) is 112 cm³/mol. The summed E-state index contributed by atoms with van der Waals surface area (Å²) in [6.45, 7) is 2.76. The van der Waals surface area contributed by atoms with Crippen LogP contribution in [0.5, 0.6) is 0 Å². The third-order valence-electron chi connectivity index (χ3n) is 5.67. The number of benzene rings is 2. The van der Waals surface area contributed by atoms with Gasteiger partial charge in [-0.2, -0.15) is 0 Å². The van der Waals surface area contributed by atoms with Crippen molar-refractivity contribution in [1.82, 2.24) is 4.90 Å². The molecule has 4 rings (SSSR count). The van der Waals surface area contributed by atoms with Crippen molar-refractivity contribution in [2.75, 3.05) is 6.54 Å². The van der Waals surface area contributed by atoms with Gasteiger partial charge in [0.2, 0.25) is 5.91 Å². The van der Waals surface area contributed by atoms with Crippen molar-refractivity contribution >= 4 is 23.5 Å². The summed E-state index contributed by atoms with van der Waals surface area (Å²) in [4.78, 5) is 27.8. The highest BCUT2D eigenvalue weighted by Gasteiger charge is 2.38. The maximum atomic E-state index is 13.1. The summed E-state index contributed by atoms with van der Waals surface area (Å²) < 4.78 is 5.66. The molecule has 1 atom stereocenters. The van der Waals surface area contributed by atoms with Crippen LogP contribution in [0.1, 0.15) is 43.2 Å². The lowest BCUT2D eigenvalue weighted by Crippen LogP contribution is -2.39. The Morgan fingerprint density at radius 3 is 2.45 bits per heavy atom. The minimum Gasteiger partial charge on any atom is -0.457 e. The first kappa shape index (κ1) is 19.7. The number of amides is 1. The summed E-state index contributed by atoms with van der Waals surface area (Å²) >= 11 is 6.03. The molecule has 1 heterocycles. The molecule has 0 saturated heterocycles. The number of halogens is 1. The topological polar surface area (TPSA) is 46.6 Å². The van der Waals surface area contributed by atoms with Gasteiger partial charge in [0.15, 0.2) is 0 Å². The molecule has 0 aromatic heterocycles. The SMILES string of the molecule is CC1=C(C(=O)OCc2ccccc2)C(c2ccc(Cl)cc2)CC(=O)N1CC1CC1. The number of rotatable bonds is 6. The lowest BCUT2D eigenvalue weighted by molar-refractivity contribution is -0.141. The summed E-state index contributed by atoms with van der Waals surface area (Å²) in [5.74, 6) is -0.0744. The molecule has 5 heteroatoms. The van der Waals surface area contributed by atoms with Gasteiger partial charge in [0.1, 0.15) is 6.61 Å². The van der Waals surface area contributed by atoms with Crippen LogP contribution in [0, 0.1) is 5.92 Å². The fourth-order valence-corrected chi connectivity index (χ4v) is 3.97. The van der Waals surface area contributed by atoms with Gasteiger partial charge >= 0.3 is 5.97 Å². The second kappa shape index (κ2) is 8.42. The summed E-state index contributed by atoms with van der Waals surface area (Å²) in [7, 11) is 0. The van der Waals surface area contributed by atoms with E-state index in [1.165, 1.54) is 0 Å². The molecule has 0 radical (unpaired) electrons. The average molecular weight is 410 g/mol. The van der Waals surface area contributed by atoms with E-state index in [9.17, 15) is 9.59 Å². The van der Waals surface area contributed by atoms with Crippen LogP contribution in [-0.4, -0.2) is 23.3 Å². The Kier molecular flexibility index (Phi) is 5.72. The van der Waals surface area contributed by atoms with Gasteiger partial charge < -0.3 is 9.64 Å². The van der Waals surface area contributed by atoms with E-state index < -0.39 is 0 Å². The molecule has 1 amide bonds. The van der Waals surface area contributed by atoms with Crippen LogP contribution < -0.4 is 0 Å². The molecule has 2 aliphatic rings. The van der Waals surface area contributed by atoms with E-state index in [1.807, 2.05) is 49.4 Å². The van der Waals surface area contributed by atoms with Crippen molar-refractivity contribution in [2.24, 2.45) is 5.92 Å². The lowest BCUT2D eigenvalue weighted by atomic mass is 9.83. The molecule has 1 aliphatic carbocycles. The zero-order valence-corrected chi connectivity index (χ0v) is 17.2. The highest BCUT2D eigenvalue weighted by atomic mass is 35.5. The maximum absolute atomic E-state index is 13.1. The molecule has 1 unspecified atom stereocenters. The number of carbonyl (C=O) groups is 2. The van der Waals surface area contributed by atoms with Crippen molar-refractivity contribution < 1.29 is 14.3 Å². The first-order valence-corrected chi connectivity index (χ1v) is 10.4. The lowest BCUT2D eigenvalue weighted by Gasteiger charge is -2.34. The van der Waals surface area contributed by atoms with Crippen LogP contribution in [0.15, 0.2) is 65.9 Å². The van der Waals surface area contributed by atoms with Crippen LogP contribution in [-0.2, 0) is 20.9 Å². The van der Waals surface area contributed by atoms with Gasteiger partial charge in [-0.15, -0.1) is 0 Å². The maximum Gasteiger partial charge on any atom is 0.336 e. The molecular formula is C24H24ClNO3. The third kappa shape index (κ3) is 4.54. The normalized spacial score (nSPS) is 19.4. The smallest absolute Gasteiger partial charge is 0.336 e. The summed E-state index contributed by atoms with van der Waals surface area (Å²) in [6.07, 6.45) is 2.55. The molecule has 2 aromatic carbocycles. The fraction of sp³-hybridized carbons (Fsp3) is 0.333. The van der Waals surface area contributed by atoms with E-state index in [-0.39, 0.29) is 30.8 Å². The third-order valence-corrected chi connectivity index (χ3v) is 5.92. The monoisotopic (exact) mass is 409 g/mol. The Hall–Kier alpha value is -2.59. The number of ether oxygens (including phenoxy) is 1. The zero-order valence-electron chi connectivity index (χ0n) is 16.4. The number of nitrogens with zero attached hydrogens (tertiary/aromatic N) is 1. The Morgan fingerprint density at radius 1 is 1.10 bits per heavy atom. The fourth-order valence-electron chi connectivity index (χ4n) is 3.84. The van der Waals surface area contributed by atoms with Crippen molar-refractivity contribution in [1.29, 1.82) is 0 Å². The van der Waals surface area contributed by atoms with Crippen molar-refractivity contribution in [3.8, 4) is 0 Å². The van der Waals surface area contributed by atoms with Gasteiger partial charge in [-0.1, -0.05) is 54.1 Å². The Morgan fingerprint density at radius 2 is 1.79 bits per heavy atom. The largest absolute Gasteiger partial charge is 0.457 e. The van der Waals surface area contributed by atoms with E-state index in [0.717, 1.165) is 24.0 Å². The first-order valence-electron chi connectivity index (χ1n) is 10.0. The van der Waals surface area contributed by atoms with Crippen LogP contribution in [0.3, 0.4) is 0 Å². The van der Waals surface area contributed by atoms with Crippen molar-refractivity contribution in [3.63, 3.8) is 0 Å². The minimum atomic E-state index is -0.361.